The van der Waals surface area contributed by atoms with Crippen LogP contribution in [0.1, 0.15) is 6.92 Å². The van der Waals surface area contributed by atoms with Crippen molar-refractivity contribution in [3.63, 3.8) is 0 Å². The van der Waals surface area contributed by atoms with Gasteiger partial charge < -0.3 is 4.74 Å². The molecular formula is C10H10ClNO2. The van der Waals surface area contributed by atoms with Crippen LogP contribution in [0, 0.1) is 0 Å². The third-order valence-corrected chi connectivity index (χ3v) is 1.78. The minimum absolute atomic E-state index is 0.157. The molecule has 1 unspecified atom stereocenters. The molecule has 74 valence electrons. The van der Waals surface area contributed by atoms with Gasteiger partial charge in [0.15, 0.2) is 0 Å². The van der Waals surface area contributed by atoms with E-state index in [9.17, 15) is 4.79 Å². The summed E-state index contributed by atoms with van der Waals surface area (Å²) in [7, 11) is 0. The molecule has 0 aliphatic carbocycles. The second-order valence-corrected chi connectivity index (χ2v) is 3.25. The molecular weight excluding hydrogens is 202 g/mol. The molecule has 1 rings (SSSR count). The number of hydrogen-bond donors (Lipinski definition) is 0. The molecule has 0 fully saturated rings. The molecule has 0 amide bonds. The third-order valence-electron chi connectivity index (χ3n) is 1.55. The molecule has 0 radical (unpaired) electrons. The van der Waals surface area contributed by atoms with Gasteiger partial charge in [-0.25, -0.2) is 9.79 Å². The summed E-state index contributed by atoms with van der Waals surface area (Å²) in [4.78, 5) is 13.3. The van der Waals surface area contributed by atoms with E-state index in [1.165, 1.54) is 6.08 Å². The number of hydrogen-bond acceptors (Lipinski definition) is 3. The van der Waals surface area contributed by atoms with Crippen LogP contribution in [0.25, 0.3) is 0 Å². The molecule has 1 aromatic rings. The Morgan fingerprint density at radius 3 is 3.07 bits per heavy atom. The van der Waals surface area contributed by atoms with Crippen molar-refractivity contribution in [2.24, 2.45) is 4.99 Å². The van der Waals surface area contributed by atoms with Crippen molar-refractivity contribution >= 4 is 17.7 Å². The van der Waals surface area contributed by atoms with Gasteiger partial charge in [0.25, 0.3) is 0 Å². The standard InChI is InChI=1S/C10H10ClNO2/c1-8(6-12-7-13)14-10-4-2-3-9(11)5-10/h2-5,8H,6H2,1H3. The second-order valence-electron chi connectivity index (χ2n) is 2.82. The lowest BCUT2D eigenvalue weighted by Crippen LogP contribution is -2.15. The number of aliphatic imine (C=N–C) groups is 1. The van der Waals surface area contributed by atoms with E-state index < -0.39 is 0 Å². The largest absolute Gasteiger partial charge is 0.489 e. The van der Waals surface area contributed by atoms with Crippen LogP contribution in [0.15, 0.2) is 29.3 Å². The van der Waals surface area contributed by atoms with Crippen LogP contribution >= 0.6 is 11.6 Å². The summed E-state index contributed by atoms with van der Waals surface area (Å²) in [5.74, 6) is 0.672. The predicted molar refractivity (Wildman–Crippen MR) is 54.5 cm³/mol. The summed E-state index contributed by atoms with van der Waals surface area (Å²) >= 11 is 5.77. The fraction of sp³-hybridized carbons (Fsp3) is 0.300. The zero-order valence-corrected chi connectivity index (χ0v) is 8.49. The molecule has 0 aromatic heterocycles. The lowest BCUT2D eigenvalue weighted by Gasteiger charge is -2.11. The summed E-state index contributed by atoms with van der Waals surface area (Å²) in [6.45, 7) is 2.12. The summed E-state index contributed by atoms with van der Waals surface area (Å²) in [5.41, 5.74) is 0. The van der Waals surface area contributed by atoms with Gasteiger partial charge in [0, 0.05) is 5.02 Å². The quantitative estimate of drug-likeness (QED) is 0.567. The number of halogens is 1. The first-order chi connectivity index (χ1) is 6.72. The van der Waals surface area contributed by atoms with Crippen LogP contribution in [-0.4, -0.2) is 18.7 Å². The molecule has 0 saturated carbocycles. The lowest BCUT2D eigenvalue weighted by atomic mass is 10.3. The molecule has 14 heavy (non-hydrogen) atoms. The minimum atomic E-state index is -0.157. The van der Waals surface area contributed by atoms with Gasteiger partial charge in [0.05, 0.1) is 6.54 Å². The number of rotatable bonds is 4. The first-order valence-electron chi connectivity index (χ1n) is 4.18. The van der Waals surface area contributed by atoms with E-state index >= 15 is 0 Å². The first-order valence-corrected chi connectivity index (χ1v) is 4.56. The van der Waals surface area contributed by atoms with Crippen LogP contribution in [0.2, 0.25) is 5.02 Å². The maximum Gasteiger partial charge on any atom is 0.235 e. The Morgan fingerprint density at radius 2 is 2.43 bits per heavy atom. The number of benzene rings is 1. The summed E-state index contributed by atoms with van der Waals surface area (Å²) in [6, 6.07) is 7.08. The SMILES string of the molecule is CC(CN=C=O)Oc1cccc(Cl)c1. The monoisotopic (exact) mass is 211 g/mol. The molecule has 0 spiro atoms. The van der Waals surface area contributed by atoms with Gasteiger partial charge in [-0.15, -0.1) is 0 Å². The molecule has 0 heterocycles. The van der Waals surface area contributed by atoms with Crippen molar-refractivity contribution in [3.05, 3.63) is 29.3 Å². The Bertz CT molecular complexity index is 348. The fourth-order valence-corrected chi connectivity index (χ4v) is 1.16. The normalized spacial score (nSPS) is 11.6. The van der Waals surface area contributed by atoms with E-state index in [0.29, 0.717) is 17.3 Å². The lowest BCUT2D eigenvalue weighted by molar-refractivity contribution is 0.230. The molecule has 4 heteroatoms. The van der Waals surface area contributed by atoms with E-state index in [0.717, 1.165) is 0 Å². The molecule has 0 N–H and O–H groups in total. The summed E-state index contributed by atoms with van der Waals surface area (Å²) in [5, 5.41) is 0.619. The van der Waals surface area contributed by atoms with Crippen LogP contribution < -0.4 is 4.74 Å². The number of carbonyl (C=O) groups excluding carboxylic acids is 1. The van der Waals surface area contributed by atoms with E-state index in [4.69, 9.17) is 16.3 Å². The van der Waals surface area contributed by atoms with Gasteiger partial charge in [0.2, 0.25) is 6.08 Å². The van der Waals surface area contributed by atoms with E-state index in [2.05, 4.69) is 4.99 Å². The molecule has 3 nitrogen and oxygen atoms in total. The van der Waals surface area contributed by atoms with Crippen LogP contribution in [0.4, 0.5) is 0 Å². The van der Waals surface area contributed by atoms with E-state index in [-0.39, 0.29) is 6.10 Å². The van der Waals surface area contributed by atoms with Crippen molar-refractivity contribution in [2.45, 2.75) is 13.0 Å². The zero-order chi connectivity index (χ0) is 10.4. The molecule has 1 atom stereocenters. The molecule has 0 aliphatic rings. The number of ether oxygens (including phenoxy) is 1. The summed E-state index contributed by atoms with van der Waals surface area (Å²) in [6.07, 6.45) is 1.31. The van der Waals surface area contributed by atoms with E-state index in [1.807, 2.05) is 6.92 Å². The number of nitrogens with zero attached hydrogens (tertiary/aromatic N) is 1. The van der Waals surface area contributed by atoms with Crippen molar-refractivity contribution in [2.75, 3.05) is 6.54 Å². The van der Waals surface area contributed by atoms with Gasteiger partial charge in [-0.1, -0.05) is 17.7 Å². The van der Waals surface area contributed by atoms with Gasteiger partial charge in [-0.05, 0) is 25.1 Å². The van der Waals surface area contributed by atoms with Gasteiger partial charge in [0.1, 0.15) is 11.9 Å². The Morgan fingerprint density at radius 1 is 1.64 bits per heavy atom. The molecule has 1 aromatic carbocycles. The van der Waals surface area contributed by atoms with Gasteiger partial charge in [-0.3, -0.25) is 0 Å². The van der Waals surface area contributed by atoms with Crippen molar-refractivity contribution in [1.82, 2.24) is 0 Å². The zero-order valence-electron chi connectivity index (χ0n) is 7.74. The maximum absolute atomic E-state index is 9.85. The Hall–Kier alpha value is -1.31. The third kappa shape index (κ3) is 3.60. The average Bonchev–Trinajstić information content (AvgIpc) is 2.15. The van der Waals surface area contributed by atoms with Crippen LogP contribution in [0.3, 0.4) is 0 Å². The van der Waals surface area contributed by atoms with Crippen molar-refractivity contribution in [3.8, 4) is 5.75 Å². The van der Waals surface area contributed by atoms with Gasteiger partial charge >= 0.3 is 0 Å². The highest BCUT2D eigenvalue weighted by molar-refractivity contribution is 6.30. The van der Waals surface area contributed by atoms with Crippen molar-refractivity contribution in [1.29, 1.82) is 0 Å². The minimum Gasteiger partial charge on any atom is -0.489 e. The molecule has 0 saturated heterocycles. The first kappa shape index (κ1) is 10.8. The van der Waals surface area contributed by atoms with Crippen LogP contribution in [-0.2, 0) is 4.79 Å². The molecule has 0 bridgehead atoms. The Balaban J connectivity index is 2.55. The number of isocyanates is 1. The average molecular weight is 212 g/mol. The van der Waals surface area contributed by atoms with E-state index in [1.54, 1.807) is 24.3 Å². The maximum atomic E-state index is 9.85. The summed E-state index contributed by atoms with van der Waals surface area (Å²) < 4.78 is 5.44. The highest BCUT2D eigenvalue weighted by atomic mass is 35.5. The predicted octanol–water partition coefficient (Wildman–Crippen LogP) is 2.44. The molecule has 0 aliphatic heterocycles. The Labute approximate surface area is 87.4 Å². The fourth-order valence-electron chi connectivity index (χ4n) is 0.976. The Kier molecular flexibility index (Phi) is 4.17. The second kappa shape index (κ2) is 5.43. The van der Waals surface area contributed by atoms with Gasteiger partial charge in [-0.2, -0.15) is 0 Å². The smallest absolute Gasteiger partial charge is 0.235 e. The highest BCUT2D eigenvalue weighted by Crippen LogP contribution is 2.18. The topological polar surface area (TPSA) is 38.7 Å². The van der Waals surface area contributed by atoms with Crippen LogP contribution in [0.5, 0.6) is 5.75 Å². The van der Waals surface area contributed by atoms with Crippen molar-refractivity contribution < 1.29 is 9.53 Å². The highest BCUT2D eigenvalue weighted by Gasteiger charge is 2.02.